The number of nitrogens with zero attached hydrogens (tertiary/aromatic N) is 1. The zero-order chi connectivity index (χ0) is 3.58. The fraction of sp³-hybridized carbons (Fsp3) is 1.00. The molecule has 0 N–H and O–H groups in total. The van der Waals surface area contributed by atoms with Crippen LogP contribution in [0.3, 0.4) is 0 Å². The third-order valence-corrected chi connectivity index (χ3v) is 0. The van der Waals surface area contributed by atoms with Crippen molar-refractivity contribution in [2.75, 3.05) is 14.1 Å². The fourth-order valence-electron chi connectivity index (χ4n) is 0. The molecule has 3 heteroatoms. The van der Waals surface area contributed by atoms with E-state index in [0.29, 0.717) is 0 Å². The Bertz CT molecular complexity index is 14.4. The van der Waals surface area contributed by atoms with Gasteiger partial charge in [-0.15, -0.1) is 0 Å². The molecular weight excluding hydrogens is 73.1 g/mol. The van der Waals surface area contributed by atoms with Crippen LogP contribution in [0.25, 0.3) is 0 Å². The molecule has 0 spiro atoms. The van der Waals surface area contributed by atoms with Gasteiger partial charge in [-0.1, -0.05) is 0 Å². The van der Waals surface area contributed by atoms with Gasteiger partial charge in [0.2, 0.25) is 0 Å². The molecule has 0 aliphatic rings. The van der Waals surface area contributed by atoms with Crippen LogP contribution in [-0.4, -0.2) is 47.9 Å². The summed E-state index contributed by atoms with van der Waals surface area (Å²) >= 11 is 0. The van der Waals surface area contributed by atoms with E-state index in [1.807, 2.05) is 0 Å². The predicted octanol–water partition coefficient (Wildman–Crippen LogP) is -1.55. The summed E-state index contributed by atoms with van der Waals surface area (Å²) < 4.78 is 2.14. The molecule has 0 aromatic carbocycles. The third-order valence-electron chi connectivity index (χ3n) is 0. The summed E-state index contributed by atoms with van der Waals surface area (Å²) in [6.45, 7) is 0. The molecule has 0 aromatic rings. The van der Waals surface area contributed by atoms with Crippen molar-refractivity contribution in [1.29, 1.82) is 0 Å². The molecule has 0 atom stereocenters. The molecule has 0 fully saturated rings. The molecule has 0 aromatic heterocycles. The minimum Gasteiger partial charge on any atom is -0.337 e. The van der Waals surface area contributed by atoms with Crippen molar-refractivity contribution in [1.82, 2.24) is 4.57 Å². The third kappa shape index (κ3) is 61.3. The summed E-state index contributed by atoms with van der Waals surface area (Å²) in [6, 6.07) is 0. The molecule has 0 saturated heterocycles. The van der Waals surface area contributed by atoms with E-state index in [-0.39, 0.29) is 18.9 Å². The first-order chi connectivity index (χ1) is 1.73. The molecule has 0 aliphatic carbocycles. The Balaban J connectivity index is 0. The Morgan fingerprint density at radius 2 is 1.40 bits per heavy atom. The van der Waals surface area contributed by atoms with E-state index >= 15 is 0 Å². The predicted molar refractivity (Wildman–Crippen MR) is 29.4 cm³/mol. The van der Waals surface area contributed by atoms with Gasteiger partial charge < -0.3 is 4.57 Å². The average Bonchev–Trinajstić information content (AvgIpc) is 0.811. The first-order valence-electron chi connectivity index (χ1n) is 1.34. The second kappa shape index (κ2) is 4.77. The Hall–Kier alpha value is 0.774. The molecule has 27 valence electrons. The maximum absolute atomic E-state index is 2.14. The van der Waals surface area contributed by atoms with E-state index in [1.165, 1.54) is 10.4 Å². The van der Waals surface area contributed by atoms with E-state index in [0.717, 1.165) is 0 Å². The van der Waals surface area contributed by atoms with Crippen LogP contribution in [0.1, 0.15) is 0 Å². The molecule has 0 aliphatic heterocycles. The van der Waals surface area contributed by atoms with Gasteiger partial charge in [0.1, 0.15) is 0 Å². The SMILES string of the molecule is CN(C)[SiH3].[Li]. The molecule has 0 rings (SSSR count). The Morgan fingerprint density at radius 1 is 1.40 bits per heavy atom. The smallest absolute Gasteiger partial charge is 0.0777 e. The van der Waals surface area contributed by atoms with Gasteiger partial charge in [-0.25, -0.2) is 0 Å². The summed E-state index contributed by atoms with van der Waals surface area (Å²) in [4.78, 5) is 0. The van der Waals surface area contributed by atoms with Crippen LogP contribution in [-0.2, 0) is 0 Å². The second-order valence-electron chi connectivity index (χ2n) is 1.34. The van der Waals surface area contributed by atoms with Crippen LogP contribution in [0, 0.1) is 0 Å². The van der Waals surface area contributed by atoms with E-state index in [4.69, 9.17) is 0 Å². The normalized spacial score (nSPS) is 7.80. The van der Waals surface area contributed by atoms with Gasteiger partial charge in [-0.3, -0.25) is 0 Å². The molecule has 0 unspecified atom stereocenters. The van der Waals surface area contributed by atoms with Crippen molar-refractivity contribution in [3.63, 3.8) is 0 Å². The number of rotatable bonds is 0. The molecule has 0 saturated carbocycles. The molecule has 0 heterocycles. The minimum atomic E-state index is 0. The van der Waals surface area contributed by atoms with E-state index in [1.54, 1.807) is 0 Å². The standard InChI is InChI=1S/C2H9NSi.Li/c1-3(2)4;/h1-2,4H3;. The van der Waals surface area contributed by atoms with E-state index < -0.39 is 0 Å². The summed E-state index contributed by atoms with van der Waals surface area (Å²) in [5.74, 6) is 0. The maximum Gasteiger partial charge on any atom is 0.0777 e. The minimum absolute atomic E-state index is 0. The van der Waals surface area contributed by atoms with Gasteiger partial charge in [-0.2, -0.15) is 0 Å². The average molecular weight is 82.1 g/mol. The summed E-state index contributed by atoms with van der Waals surface area (Å²) in [5.41, 5.74) is 0. The molecule has 1 radical (unpaired) electrons. The second-order valence-corrected chi connectivity index (χ2v) is 3.13. The number of hydrogen-bond donors (Lipinski definition) is 0. The zero-order valence-electron chi connectivity index (χ0n) is 4.45. The van der Waals surface area contributed by atoms with Gasteiger partial charge in [0.05, 0.1) is 10.4 Å². The molecule has 0 bridgehead atoms. The van der Waals surface area contributed by atoms with Crippen molar-refractivity contribution in [2.24, 2.45) is 0 Å². The van der Waals surface area contributed by atoms with Crippen LogP contribution in [0.4, 0.5) is 0 Å². The van der Waals surface area contributed by atoms with Crippen molar-refractivity contribution < 1.29 is 0 Å². The van der Waals surface area contributed by atoms with Gasteiger partial charge in [0.15, 0.2) is 0 Å². The first-order valence-corrected chi connectivity index (χ1v) is 2.24. The van der Waals surface area contributed by atoms with Crippen molar-refractivity contribution >= 4 is 29.3 Å². The van der Waals surface area contributed by atoms with Gasteiger partial charge in [-0.05, 0) is 14.1 Å². The van der Waals surface area contributed by atoms with E-state index in [2.05, 4.69) is 18.7 Å². The molecule has 0 amide bonds. The summed E-state index contributed by atoms with van der Waals surface area (Å²) in [6.07, 6.45) is 0. The van der Waals surface area contributed by atoms with Crippen molar-refractivity contribution in [3.05, 3.63) is 0 Å². The quantitative estimate of drug-likeness (QED) is 0.320. The zero-order valence-corrected chi connectivity index (χ0v) is 6.45. The first kappa shape index (κ1) is 9.24. The van der Waals surface area contributed by atoms with Crippen LogP contribution in [0.15, 0.2) is 0 Å². The largest absolute Gasteiger partial charge is 0.337 e. The van der Waals surface area contributed by atoms with Gasteiger partial charge in [0, 0.05) is 18.9 Å². The Kier molecular flexibility index (Phi) is 8.82. The fourth-order valence-corrected chi connectivity index (χ4v) is 0. The van der Waals surface area contributed by atoms with Gasteiger partial charge in [0.25, 0.3) is 0 Å². The van der Waals surface area contributed by atoms with Crippen LogP contribution in [0.2, 0.25) is 0 Å². The molecule has 5 heavy (non-hydrogen) atoms. The van der Waals surface area contributed by atoms with Crippen LogP contribution >= 0.6 is 0 Å². The van der Waals surface area contributed by atoms with Crippen LogP contribution in [0.5, 0.6) is 0 Å². The molecular formula is C2H9LiNSi. The van der Waals surface area contributed by atoms with Crippen molar-refractivity contribution in [3.8, 4) is 0 Å². The monoisotopic (exact) mass is 82.1 g/mol. The summed E-state index contributed by atoms with van der Waals surface area (Å²) in [7, 11) is 5.31. The molecule has 1 nitrogen and oxygen atoms in total. The van der Waals surface area contributed by atoms with E-state index in [9.17, 15) is 0 Å². The maximum atomic E-state index is 2.14. The van der Waals surface area contributed by atoms with Gasteiger partial charge >= 0.3 is 0 Å². The van der Waals surface area contributed by atoms with Crippen molar-refractivity contribution in [2.45, 2.75) is 0 Å². The Labute approximate surface area is 48.4 Å². The van der Waals surface area contributed by atoms with Crippen LogP contribution < -0.4 is 0 Å². The topological polar surface area (TPSA) is 3.24 Å². The Morgan fingerprint density at radius 3 is 1.40 bits per heavy atom. The number of hydrogen-bond acceptors (Lipinski definition) is 1. The summed E-state index contributed by atoms with van der Waals surface area (Å²) in [5, 5.41) is 0.